The van der Waals surface area contributed by atoms with Gasteiger partial charge in [-0.1, -0.05) is 11.6 Å². The number of nitrogens with zero attached hydrogens (tertiary/aromatic N) is 3. The second-order valence-electron chi connectivity index (χ2n) is 6.01. The Labute approximate surface area is 159 Å². The van der Waals surface area contributed by atoms with Crippen molar-refractivity contribution < 1.29 is 8.78 Å². The van der Waals surface area contributed by atoms with Crippen LogP contribution in [0.1, 0.15) is 5.56 Å². The molecule has 27 heavy (non-hydrogen) atoms. The van der Waals surface area contributed by atoms with Crippen molar-refractivity contribution in [2.75, 3.05) is 22.7 Å². The third-order valence-corrected chi connectivity index (χ3v) is 4.42. The molecule has 3 aromatic rings. The van der Waals surface area contributed by atoms with Crippen molar-refractivity contribution in [1.29, 1.82) is 0 Å². The highest BCUT2D eigenvalue weighted by Crippen LogP contribution is 2.28. The smallest absolute Gasteiger partial charge is 0.229 e. The zero-order valence-electron chi connectivity index (χ0n) is 14.2. The molecule has 0 radical (unpaired) electrons. The molecule has 4 rings (SSSR count). The molecule has 6 nitrogen and oxygen atoms in total. The lowest BCUT2D eigenvalue weighted by Gasteiger charge is -2.13. The van der Waals surface area contributed by atoms with Crippen LogP contribution >= 0.6 is 11.6 Å². The Hall–Kier alpha value is -2.97. The molecule has 0 unspecified atom stereocenters. The Balaban J connectivity index is 1.56. The number of nitrogens with one attached hydrogen (secondary N) is 3. The molecule has 0 fully saturated rings. The lowest BCUT2D eigenvalue weighted by atomic mass is 10.1. The van der Waals surface area contributed by atoms with E-state index in [1.54, 1.807) is 0 Å². The van der Waals surface area contributed by atoms with E-state index in [4.69, 9.17) is 11.6 Å². The predicted octanol–water partition coefficient (Wildman–Crippen LogP) is 4.35. The van der Waals surface area contributed by atoms with Crippen LogP contribution in [0.4, 0.5) is 37.6 Å². The van der Waals surface area contributed by atoms with E-state index < -0.39 is 11.6 Å². The maximum atomic E-state index is 14.1. The first-order chi connectivity index (χ1) is 13.0. The van der Waals surface area contributed by atoms with Crippen LogP contribution < -0.4 is 21.1 Å². The number of hydrogen-bond acceptors (Lipinski definition) is 6. The first kappa shape index (κ1) is 17.4. The van der Waals surface area contributed by atoms with Gasteiger partial charge in [-0.2, -0.15) is 4.98 Å². The van der Waals surface area contributed by atoms with Crippen LogP contribution in [-0.4, -0.2) is 17.0 Å². The summed E-state index contributed by atoms with van der Waals surface area (Å²) in [5, 5.41) is 7.72. The van der Waals surface area contributed by atoms with Crippen molar-refractivity contribution in [3.05, 3.63) is 64.8 Å². The number of hydrogen-bond donors (Lipinski definition) is 3. The van der Waals surface area contributed by atoms with Crippen molar-refractivity contribution in [2.45, 2.75) is 6.54 Å². The molecule has 0 saturated carbocycles. The van der Waals surface area contributed by atoms with E-state index in [0.717, 1.165) is 29.7 Å². The molecular formula is C18H15ClF2N6. The number of rotatable bonds is 4. The highest BCUT2D eigenvalue weighted by Gasteiger charge is 2.15. The zero-order valence-corrected chi connectivity index (χ0v) is 15.0. The second kappa shape index (κ2) is 6.98. The maximum absolute atomic E-state index is 14.1. The van der Waals surface area contributed by atoms with Crippen molar-refractivity contribution in [1.82, 2.24) is 15.4 Å². The fourth-order valence-electron chi connectivity index (χ4n) is 2.78. The summed E-state index contributed by atoms with van der Waals surface area (Å²) >= 11 is 5.75. The number of hydrazine groups is 1. The van der Waals surface area contributed by atoms with Gasteiger partial charge in [-0.25, -0.2) is 19.2 Å². The van der Waals surface area contributed by atoms with Crippen molar-refractivity contribution in [3.8, 4) is 0 Å². The molecule has 3 N–H and O–H groups in total. The molecule has 2 heterocycles. The van der Waals surface area contributed by atoms with Gasteiger partial charge in [-0.15, -0.1) is 0 Å². The molecule has 0 bridgehead atoms. The van der Waals surface area contributed by atoms with Crippen LogP contribution in [0.2, 0.25) is 5.02 Å². The van der Waals surface area contributed by atoms with Gasteiger partial charge in [-0.3, -0.25) is 0 Å². The summed E-state index contributed by atoms with van der Waals surface area (Å²) in [5.74, 6) is -1.01. The summed E-state index contributed by atoms with van der Waals surface area (Å²) in [6.07, 6.45) is 1.06. The Bertz CT molecular complexity index is 1010. The molecule has 9 heteroatoms. The van der Waals surface area contributed by atoms with Crippen LogP contribution in [0.5, 0.6) is 0 Å². The molecule has 0 spiro atoms. The third-order valence-electron chi connectivity index (χ3n) is 4.13. The summed E-state index contributed by atoms with van der Waals surface area (Å²) in [6, 6.07) is 9.84. The summed E-state index contributed by atoms with van der Waals surface area (Å²) < 4.78 is 27.3. The second-order valence-corrected chi connectivity index (χ2v) is 6.41. The van der Waals surface area contributed by atoms with Gasteiger partial charge in [0.25, 0.3) is 0 Å². The quantitative estimate of drug-likeness (QED) is 0.617. The predicted molar refractivity (Wildman–Crippen MR) is 102 cm³/mol. The van der Waals surface area contributed by atoms with Gasteiger partial charge in [-0.05, 0) is 42.0 Å². The Morgan fingerprint density at radius 3 is 2.67 bits per heavy atom. The Morgan fingerprint density at radius 2 is 1.85 bits per heavy atom. The minimum absolute atomic E-state index is 0.0438. The van der Waals surface area contributed by atoms with Gasteiger partial charge in [0.1, 0.15) is 5.82 Å². The third kappa shape index (κ3) is 3.62. The number of fused-ring (bicyclic) bond motifs is 1. The van der Waals surface area contributed by atoms with Crippen LogP contribution in [0.15, 0.2) is 42.6 Å². The van der Waals surface area contributed by atoms with Crippen LogP contribution in [-0.2, 0) is 6.54 Å². The average molecular weight is 389 g/mol. The van der Waals surface area contributed by atoms with Gasteiger partial charge in [0, 0.05) is 25.0 Å². The van der Waals surface area contributed by atoms with E-state index in [-0.39, 0.29) is 16.8 Å². The first-order valence-corrected chi connectivity index (χ1v) is 8.49. The average Bonchev–Trinajstić information content (AvgIpc) is 3.01. The van der Waals surface area contributed by atoms with E-state index in [2.05, 4.69) is 26.0 Å². The summed E-state index contributed by atoms with van der Waals surface area (Å²) in [4.78, 5) is 8.12. The van der Waals surface area contributed by atoms with E-state index >= 15 is 0 Å². The van der Waals surface area contributed by atoms with Crippen LogP contribution in [0, 0.1) is 11.6 Å². The Morgan fingerprint density at radius 1 is 1.07 bits per heavy atom. The van der Waals surface area contributed by atoms with Crippen LogP contribution in [0.3, 0.4) is 0 Å². The lowest BCUT2D eigenvalue weighted by molar-refractivity contribution is 0.619. The van der Waals surface area contributed by atoms with E-state index in [0.29, 0.717) is 5.69 Å². The topological polar surface area (TPSA) is 65.1 Å². The molecule has 1 aromatic heterocycles. The summed E-state index contributed by atoms with van der Waals surface area (Å²) in [7, 11) is 1.95. The Kier molecular flexibility index (Phi) is 4.51. The van der Waals surface area contributed by atoms with Gasteiger partial charge in [0.15, 0.2) is 11.6 Å². The minimum Gasteiger partial charge on any atom is -0.338 e. The molecule has 0 aliphatic carbocycles. The zero-order chi connectivity index (χ0) is 19.0. The molecule has 0 amide bonds. The van der Waals surface area contributed by atoms with E-state index in [1.165, 1.54) is 18.2 Å². The summed E-state index contributed by atoms with van der Waals surface area (Å²) in [5.41, 5.74) is 6.63. The van der Waals surface area contributed by atoms with Gasteiger partial charge in [0.2, 0.25) is 5.95 Å². The van der Waals surface area contributed by atoms with Crippen molar-refractivity contribution >= 4 is 40.4 Å². The first-order valence-electron chi connectivity index (χ1n) is 8.11. The number of anilines is 5. The maximum Gasteiger partial charge on any atom is 0.229 e. The number of aromatic nitrogens is 2. The molecular weight excluding hydrogens is 374 g/mol. The highest BCUT2D eigenvalue weighted by atomic mass is 35.5. The van der Waals surface area contributed by atoms with Gasteiger partial charge < -0.3 is 15.6 Å². The van der Waals surface area contributed by atoms with Gasteiger partial charge >= 0.3 is 0 Å². The van der Waals surface area contributed by atoms with E-state index in [9.17, 15) is 8.78 Å². The molecule has 138 valence electrons. The molecule has 0 saturated heterocycles. The fourth-order valence-corrected chi connectivity index (χ4v) is 2.96. The van der Waals surface area contributed by atoms with Crippen LogP contribution in [0.25, 0.3) is 0 Å². The molecule has 0 atom stereocenters. The standard InChI is InChI=1S/C18H15ClF2N6/c1-27-16-5-3-11(6-10(16)8-23-27)25-18-22-9-15(21)17(26-18)24-12-2-4-14(20)13(19)7-12/h2-7,9,23H,8H2,1H3,(H2,22,24,25,26). The fraction of sp³-hybridized carbons (Fsp3) is 0.111. The minimum atomic E-state index is -0.638. The molecule has 1 aliphatic rings. The monoisotopic (exact) mass is 388 g/mol. The van der Waals surface area contributed by atoms with Crippen molar-refractivity contribution in [2.24, 2.45) is 0 Å². The van der Waals surface area contributed by atoms with Crippen molar-refractivity contribution in [3.63, 3.8) is 0 Å². The summed E-state index contributed by atoms with van der Waals surface area (Å²) in [6.45, 7) is 0.726. The van der Waals surface area contributed by atoms with Gasteiger partial charge in [0.05, 0.1) is 16.9 Å². The van der Waals surface area contributed by atoms with E-state index in [1.807, 2.05) is 30.3 Å². The molecule has 2 aromatic carbocycles. The number of halogens is 3. The number of benzene rings is 2. The normalized spacial score (nSPS) is 12.8. The highest BCUT2D eigenvalue weighted by molar-refractivity contribution is 6.31. The SMILES string of the molecule is CN1NCc2cc(Nc3ncc(F)c(Nc4ccc(F)c(Cl)c4)n3)ccc21. The molecule has 1 aliphatic heterocycles. The lowest BCUT2D eigenvalue weighted by Crippen LogP contribution is -2.26. The largest absolute Gasteiger partial charge is 0.338 e.